The van der Waals surface area contributed by atoms with E-state index in [4.69, 9.17) is 0 Å². The number of carbonyl (C=O) groups excluding carboxylic acids is 1. The lowest BCUT2D eigenvalue weighted by Crippen LogP contribution is -2.19. The molecule has 3 aromatic rings. The Morgan fingerprint density at radius 2 is 1.67 bits per heavy atom. The quantitative estimate of drug-likeness (QED) is 0.393. The summed E-state index contributed by atoms with van der Waals surface area (Å²) in [7, 11) is -3.94. The van der Waals surface area contributed by atoms with Crippen LogP contribution in [0.25, 0.3) is 0 Å². The summed E-state index contributed by atoms with van der Waals surface area (Å²) in [5.74, 6) is -0.679. The molecule has 33 heavy (non-hydrogen) atoms. The van der Waals surface area contributed by atoms with E-state index < -0.39 is 27.7 Å². The van der Waals surface area contributed by atoms with Crippen molar-refractivity contribution in [2.75, 3.05) is 4.72 Å². The van der Waals surface area contributed by atoms with Gasteiger partial charge in [-0.2, -0.15) is 18.3 Å². The van der Waals surface area contributed by atoms with Gasteiger partial charge in [-0.05, 0) is 61.4 Å². The van der Waals surface area contributed by atoms with E-state index in [-0.39, 0.29) is 10.5 Å². The number of nitrogens with zero attached hydrogens (tertiary/aromatic N) is 1. The lowest BCUT2D eigenvalue weighted by Gasteiger charge is -2.12. The summed E-state index contributed by atoms with van der Waals surface area (Å²) < 4.78 is 65.8. The van der Waals surface area contributed by atoms with Crippen LogP contribution < -0.4 is 10.1 Å². The van der Waals surface area contributed by atoms with Crippen LogP contribution >= 0.6 is 0 Å². The Morgan fingerprint density at radius 3 is 2.30 bits per heavy atom. The number of halogens is 3. The molecule has 0 saturated carbocycles. The van der Waals surface area contributed by atoms with Crippen molar-refractivity contribution in [3.8, 4) is 0 Å². The van der Waals surface area contributed by atoms with Crippen molar-refractivity contribution in [1.82, 2.24) is 5.43 Å². The molecular formula is C23H20F3N3O3S. The van der Waals surface area contributed by atoms with Gasteiger partial charge in [-0.25, -0.2) is 13.8 Å². The number of nitrogens with one attached hydrogen (secondary N) is 2. The predicted molar refractivity (Wildman–Crippen MR) is 120 cm³/mol. The number of sulfonamides is 1. The fraction of sp³-hybridized carbons (Fsp3) is 0.130. The van der Waals surface area contributed by atoms with Crippen LogP contribution in [0, 0.1) is 13.8 Å². The van der Waals surface area contributed by atoms with Gasteiger partial charge in [0.15, 0.2) is 0 Å². The minimum atomic E-state index is -4.44. The highest BCUT2D eigenvalue weighted by molar-refractivity contribution is 7.92. The van der Waals surface area contributed by atoms with Crippen LogP contribution in [0.2, 0.25) is 0 Å². The molecule has 0 atom stereocenters. The van der Waals surface area contributed by atoms with Crippen molar-refractivity contribution in [2.45, 2.75) is 24.9 Å². The summed E-state index contributed by atoms with van der Waals surface area (Å²) in [6.45, 7) is 3.68. The highest BCUT2D eigenvalue weighted by atomic mass is 32.2. The van der Waals surface area contributed by atoms with E-state index in [1.165, 1.54) is 42.6 Å². The van der Waals surface area contributed by atoms with Crippen molar-refractivity contribution in [3.63, 3.8) is 0 Å². The number of hydrogen-bond acceptors (Lipinski definition) is 4. The molecule has 0 bridgehead atoms. The molecule has 3 rings (SSSR count). The van der Waals surface area contributed by atoms with Gasteiger partial charge in [0.05, 0.1) is 22.4 Å². The number of aryl methyl sites for hydroxylation is 2. The van der Waals surface area contributed by atoms with Gasteiger partial charge in [-0.15, -0.1) is 0 Å². The number of alkyl halides is 3. The molecule has 0 aliphatic rings. The second-order valence-electron chi connectivity index (χ2n) is 7.27. The fourth-order valence-electron chi connectivity index (χ4n) is 2.92. The lowest BCUT2D eigenvalue weighted by atomic mass is 10.1. The van der Waals surface area contributed by atoms with Gasteiger partial charge in [0.25, 0.3) is 15.9 Å². The van der Waals surface area contributed by atoms with Gasteiger partial charge in [0.2, 0.25) is 0 Å². The zero-order valence-electron chi connectivity index (χ0n) is 17.6. The van der Waals surface area contributed by atoms with Crippen LogP contribution in [-0.2, 0) is 16.2 Å². The standard InChI is InChI=1S/C23H20F3N3O3S/c1-15-6-11-21(16(2)12-15)29-33(31,32)20-5-3-4-18(13-20)22(30)28-27-14-17-7-9-19(10-8-17)23(24,25)26/h3-14,29H,1-2H3,(H,28,30). The number of hydrazone groups is 1. The molecule has 1 amide bonds. The summed E-state index contributed by atoms with van der Waals surface area (Å²) >= 11 is 0. The fourth-order valence-corrected chi connectivity index (χ4v) is 4.10. The first-order valence-corrected chi connectivity index (χ1v) is 11.1. The third-order valence-electron chi connectivity index (χ3n) is 4.65. The maximum Gasteiger partial charge on any atom is 0.416 e. The van der Waals surface area contributed by atoms with Crippen molar-refractivity contribution < 1.29 is 26.4 Å². The van der Waals surface area contributed by atoms with Crippen LogP contribution in [0.5, 0.6) is 0 Å². The third-order valence-corrected chi connectivity index (χ3v) is 6.01. The highest BCUT2D eigenvalue weighted by Crippen LogP contribution is 2.28. The monoisotopic (exact) mass is 475 g/mol. The molecule has 172 valence electrons. The Morgan fingerprint density at radius 1 is 0.970 bits per heavy atom. The summed E-state index contributed by atoms with van der Waals surface area (Å²) in [5, 5.41) is 3.72. The third kappa shape index (κ3) is 6.19. The minimum absolute atomic E-state index is 0.0445. The average Bonchev–Trinajstić information content (AvgIpc) is 2.75. The molecule has 0 aliphatic heterocycles. The first-order chi connectivity index (χ1) is 15.5. The number of hydrogen-bond donors (Lipinski definition) is 2. The van der Waals surface area contributed by atoms with Crippen molar-refractivity contribution in [3.05, 3.63) is 94.5 Å². The molecule has 0 unspecified atom stereocenters. The zero-order chi connectivity index (χ0) is 24.2. The first kappa shape index (κ1) is 24.0. The van der Waals surface area contributed by atoms with Gasteiger partial charge in [-0.3, -0.25) is 9.52 Å². The molecule has 0 aromatic heterocycles. The van der Waals surface area contributed by atoms with Crippen LogP contribution in [0.4, 0.5) is 18.9 Å². The van der Waals surface area contributed by atoms with E-state index in [0.717, 1.165) is 23.3 Å². The molecule has 0 aliphatic carbocycles. The van der Waals surface area contributed by atoms with Crippen LogP contribution in [-0.4, -0.2) is 20.5 Å². The molecule has 0 saturated heterocycles. The maximum absolute atomic E-state index is 12.8. The van der Waals surface area contributed by atoms with E-state index in [0.29, 0.717) is 11.3 Å². The van der Waals surface area contributed by atoms with E-state index in [9.17, 15) is 26.4 Å². The average molecular weight is 475 g/mol. The Hall–Kier alpha value is -3.66. The number of amides is 1. The second-order valence-corrected chi connectivity index (χ2v) is 8.95. The Labute approximate surface area is 189 Å². The van der Waals surface area contributed by atoms with Crippen molar-refractivity contribution >= 4 is 27.8 Å². The molecule has 10 heteroatoms. The van der Waals surface area contributed by atoms with E-state index in [1.807, 2.05) is 13.0 Å². The van der Waals surface area contributed by atoms with Gasteiger partial charge in [0.1, 0.15) is 0 Å². The first-order valence-electron chi connectivity index (χ1n) is 9.66. The Kier molecular flexibility index (Phi) is 6.87. The molecule has 6 nitrogen and oxygen atoms in total. The number of anilines is 1. The summed E-state index contributed by atoms with van der Waals surface area (Å²) in [5.41, 5.74) is 4.00. The van der Waals surface area contributed by atoms with Crippen LogP contribution in [0.15, 0.2) is 76.7 Å². The highest BCUT2D eigenvalue weighted by Gasteiger charge is 2.29. The second kappa shape index (κ2) is 9.45. The minimum Gasteiger partial charge on any atom is -0.279 e. The van der Waals surface area contributed by atoms with E-state index >= 15 is 0 Å². The van der Waals surface area contributed by atoms with Crippen LogP contribution in [0.3, 0.4) is 0 Å². The summed E-state index contributed by atoms with van der Waals surface area (Å²) in [6.07, 6.45) is -3.26. The maximum atomic E-state index is 12.8. The predicted octanol–water partition coefficient (Wildman–Crippen LogP) is 4.89. The van der Waals surface area contributed by atoms with E-state index in [1.54, 1.807) is 19.1 Å². The number of benzene rings is 3. The SMILES string of the molecule is Cc1ccc(NS(=O)(=O)c2cccc(C(=O)NN=Cc3ccc(C(F)(F)F)cc3)c2)c(C)c1. The molecule has 0 radical (unpaired) electrons. The van der Waals surface area contributed by atoms with Gasteiger partial charge in [-0.1, -0.05) is 35.9 Å². The Balaban J connectivity index is 1.70. The largest absolute Gasteiger partial charge is 0.416 e. The Bertz CT molecular complexity index is 1300. The lowest BCUT2D eigenvalue weighted by molar-refractivity contribution is -0.137. The molecule has 3 aromatic carbocycles. The van der Waals surface area contributed by atoms with Gasteiger partial charge < -0.3 is 0 Å². The van der Waals surface area contributed by atoms with Crippen molar-refractivity contribution in [1.29, 1.82) is 0 Å². The van der Waals surface area contributed by atoms with Gasteiger partial charge in [0, 0.05) is 5.56 Å². The zero-order valence-corrected chi connectivity index (χ0v) is 18.5. The van der Waals surface area contributed by atoms with Gasteiger partial charge >= 0.3 is 6.18 Å². The molecule has 2 N–H and O–H groups in total. The van der Waals surface area contributed by atoms with Crippen LogP contribution in [0.1, 0.15) is 32.6 Å². The molecular weight excluding hydrogens is 455 g/mol. The number of rotatable bonds is 6. The number of carbonyl (C=O) groups is 1. The topological polar surface area (TPSA) is 87.6 Å². The molecule has 0 spiro atoms. The molecule has 0 fully saturated rings. The normalized spacial score (nSPS) is 12.0. The summed E-state index contributed by atoms with van der Waals surface area (Å²) in [6, 6.07) is 14.9. The van der Waals surface area contributed by atoms with Crippen molar-refractivity contribution in [2.24, 2.45) is 5.10 Å². The van der Waals surface area contributed by atoms with E-state index in [2.05, 4.69) is 15.2 Å². The summed E-state index contributed by atoms with van der Waals surface area (Å²) in [4.78, 5) is 12.3. The smallest absolute Gasteiger partial charge is 0.279 e. The molecule has 0 heterocycles.